The molecule has 0 saturated carbocycles. The summed E-state index contributed by atoms with van der Waals surface area (Å²) in [6, 6.07) is -0.205. The number of sulfonamides is 1. The molecule has 1 saturated heterocycles. The molecule has 7 nitrogen and oxygen atoms in total. The largest absolute Gasteiger partial charge is 0.383 e. The third-order valence-electron chi connectivity index (χ3n) is 3.36. The summed E-state index contributed by atoms with van der Waals surface area (Å²) in [5.41, 5.74) is 0. The molecule has 2 heterocycles. The molecule has 1 aliphatic heterocycles. The summed E-state index contributed by atoms with van der Waals surface area (Å²) in [5.74, 6) is 0.710. The smallest absolute Gasteiger partial charge is 0.211 e. The average molecular weight is 288 g/mol. The number of methoxy groups -OCH3 is 1. The maximum atomic E-state index is 11.9. The molecule has 1 aromatic rings. The van der Waals surface area contributed by atoms with E-state index in [1.165, 1.54) is 10.6 Å². The zero-order valence-corrected chi connectivity index (χ0v) is 12.1. The van der Waals surface area contributed by atoms with Gasteiger partial charge in [-0.15, -0.1) is 10.2 Å². The Kier molecular flexibility index (Phi) is 4.54. The Morgan fingerprint density at radius 1 is 1.47 bits per heavy atom. The first kappa shape index (κ1) is 14.4. The summed E-state index contributed by atoms with van der Waals surface area (Å²) in [6.45, 7) is 1.74. The van der Waals surface area contributed by atoms with Crippen LogP contribution in [0.2, 0.25) is 0 Å². The average Bonchev–Trinajstić information content (AvgIpc) is 2.83. The van der Waals surface area contributed by atoms with E-state index < -0.39 is 10.0 Å². The molecule has 19 heavy (non-hydrogen) atoms. The number of hydrogen-bond donors (Lipinski definition) is 0. The maximum absolute atomic E-state index is 11.9. The van der Waals surface area contributed by atoms with Crippen LogP contribution in [0, 0.1) is 0 Å². The molecule has 8 heteroatoms. The summed E-state index contributed by atoms with van der Waals surface area (Å²) in [5, 5.41) is 8.01. The van der Waals surface area contributed by atoms with E-state index in [1.54, 1.807) is 13.4 Å². The van der Waals surface area contributed by atoms with Gasteiger partial charge in [0.25, 0.3) is 0 Å². The molecule has 0 N–H and O–H groups in total. The van der Waals surface area contributed by atoms with Gasteiger partial charge in [-0.25, -0.2) is 8.42 Å². The fraction of sp³-hybridized carbons (Fsp3) is 0.818. The van der Waals surface area contributed by atoms with Crippen LogP contribution in [0.1, 0.15) is 31.1 Å². The van der Waals surface area contributed by atoms with Crippen LogP contribution < -0.4 is 0 Å². The number of piperidine rings is 1. The molecule has 1 atom stereocenters. The van der Waals surface area contributed by atoms with Crippen molar-refractivity contribution in [2.45, 2.75) is 31.8 Å². The van der Waals surface area contributed by atoms with Crippen LogP contribution in [0.4, 0.5) is 0 Å². The Bertz CT molecular complexity index is 514. The summed E-state index contributed by atoms with van der Waals surface area (Å²) in [6.07, 6.45) is 5.58. The minimum atomic E-state index is -3.22. The van der Waals surface area contributed by atoms with Gasteiger partial charge in [0.1, 0.15) is 6.33 Å². The van der Waals surface area contributed by atoms with Crippen LogP contribution in [-0.4, -0.2) is 54.0 Å². The molecule has 0 aliphatic carbocycles. The van der Waals surface area contributed by atoms with Crippen molar-refractivity contribution in [1.82, 2.24) is 19.1 Å². The molecule has 108 valence electrons. The lowest BCUT2D eigenvalue weighted by Crippen LogP contribution is -2.39. The van der Waals surface area contributed by atoms with Crippen LogP contribution in [-0.2, 0) is 21.3 Å². The molecule has 0 bridgehead atoms. The van der Waals surface area contributed by atoms with E-state index in [1.807, 2.05) is 4.57 Å². The third kappa shape index (κ3) is 3.31. The molecule has 2 rings (SSSR count). The molecule has 0 spiro atoms. The van der Waals surface area contributed by atoms with Gasteiger partial charge in [-0.05, 0) is 12.8 Å². The van der Waals surface area contributed by atoms with Crippen LogP contribution in [0.25, 0.3) is 0 Å². The highest BCUT2D eigenvalue weighted by Gasteiger charge is 2.33. The number of nitrogens with zero attached hydrogens (tertiary/aromatic N) is 4. The Balaban J connectivity index is 2.25. The zero-order chi connectivity index (χ0) is 13.9. The highest BCUT2D eigenvalue weighted by atomic mass is 32.2. The minimum Gasteiger partial charge on any atom is -0.383 e. The molecule has 0 amide bonds. The summed E-state index contributed by atoms with van der Waals surface area (Å²) >= 11 is 0. The van der Waals surface area contributed by atoms with Crippen molar-refractivity contribution in [3.05, 3.63) is 12.2 Å². The number of rotatable bonds is 5. The SMILES string of the molecule is COCCn1cnnc1[C@@H]1CCCCN1S(C)(=O)=O. The number of aromatic nitrogens is 3. The first-order valence-corrected chi connectivity index (χ1v) is 8.22. The topological polar surface area (TPSA) is 77.3 Å². The lowest BCUT2D eigenvalue weighted by atomic mass is 10.0. The fourth-order valence-corrected chi connectivity index (χ4v) is 3.57. The van der Waals surface area contributed by atoms with Gasteiger partial charge in [-0.1, -0.05) is 6.42 Å². The molecular formula is C11H20N4O3S. The van der Waals surface area contributed by atoms with Crippen LogP contribution in [0.5, 0.6) is 0 Å². The first-order chi connectivity index (χ1) is 9.04. The quantitative estimate of drug-likeness (QED) is 0.784. The normalized spacial score (nSPS) is 21.7. The van der Waals surface area contributed by atoms with E-state index in [4.69, 9.17) is 4.74 Å². The van der Waals surface area contributed by atoms with Crippen molar-refractivity contribution < 1.29 is 13.2 Å². The lowest BCUT2D eigenvalue weighted by molar-refractivity contribution is 0.181. The third-order valence-corrected chi connectivity index (χ3v) is 4.65. The van der Waals surface area contributed by atoms with Gasteiger partial charge < -0.3 is 9.30 Å². The Morgan fingerprint density at radius 2 is 2.26 bits per heavy atom. The maximum Gasteiger partial charge on any atom is 0.211 e. The van der Waals surface area contributed by atoms with Crippen LogP contribution in [0.3, 0.4) is 0 Å². The standard InChI is InChI=1S/C11H20N4O3S/c1-18-8-7-14-9-12-13-11(14)10-5-3-4-6-15(10)19(2,16)17/h9-10H,3-8H2,1-2H3/t10-/m0/s1. The van der Waals surface area contributed by atoms with Crippen molar-refractivity contribution in [2.24, 2.45) is 0 Å². The van der Waals surface area contributed by atoms with Gasteiger partial charge in [0, 0.05) is 20.2 Å². The highest BCUT2D eigenvalue weighted by molar-refractivity contribution is 7.88. The van der Waals surface area contributed by atoms with Gasteiger partial charge in [-0.2, -0.15) is 4.31 Å². The predicted molar refractivity (Wildman–Crippen MR) is 70.0 cm³/mol. The van der Waals surface area contributed by atoms with E-state index in [0.717, 1.165) is 19.3 Å². The Morgan fingerprint density at radius 3 is 2.95 bits per heavy atom. The van der Waals surface area contributed by atoms with Crippen molar-refractivity contribution in [2.75, 3.05) is 26.5 Å². The second kappa shape index (κ2) is 5.98. The molecule has 0 unspecified atom stereocenters. The second-order valence-corrected chi connectivity index (χ2v) is 6.70. The lowest BCUT2D eigenvalue weighted by Gasteiger charge is -2.33. The van der Waals surface area contributed by atoms with Crippen LogP contribution >= 0.6 is 0 Å². The van der Waals surface area contributed by atoms with E-state index in [0.29, 0.717) is 25.5 Å². The highest BCUT2D eigenvalue weighted by Crippen LogP contribution is 2.31. The van der Waals surface area contributed by atoms with E-state index in [2.05, 4.69) is 10.2 Å². The Labute approximate surface area is 113 Å². The van der Waals surface area contributed by atoms with Gasteiger partial charge in [0.15, 0.2) is 5.82 Å². The molecule has 1 fully saturated rings. The fourth-order valence-electron chi connectivity index (χ4n) is 2.44. The van der Waals surface area contributed by atoms with E-state index in [-0.39, 0.29) is 6.04 Å². The first-order valence-electron chi connectivity index (χ1n) is 6.37. The van der Waals surface area contributed by atoms with Crippen molar-refractivity contribution in [1.29, 1.82) is 0 Å². The Hall–Kier alpha value is -0.990. The van der Waals surface area contributed by atoms with Gasteiger partial charge in [0.05, 0.1) is 18.9 Å². The van der Waals surface area contributed by atoms with Gasteiger partial charge in [-0.3, -0.25) is 0 Å². The summed E-state index contributed by atoms with van der Waals surface area (Å²) < 4.78 is 32.2. The summed E-state index contributed by atoms with van der Waals surface area (Å²) in [7, 11) is -1.58. The molecule has 0 radical (unpaired) electrons. The zero-order valence-electron chi connectivity index (χ0n) is 11.3. The molecule has 0 aromatic carbocycles. The molecule has 1 aliphatic rings. The minimum absolute atomic E-state index is 0.205. The monoisotopic (exact) mass is 288 g/mol. The second-order valence-electron chi connectivity index (χ2n) is 4.76. The van der Waals surface area contributed by atoms with E-state index in [9.17, 15) is 8.42 Å². The van der Waals surface area contributed by atoms with Crippen molar-refractivity contribution in [3.63, 3.8) is 0 Å². The molecule has 1 aromatic heterocycles. The van der Waals surface area contributed by atoms with Gasteiger partial charge >= 0.3 is 0 Å². The number of hydrogen-bond acceptors (Lipinski definition) is 5. The number of ether oxygens (including phenoxy) is 1. The predicted octanol–water partition coefficient (Wildman–Crippen LogP) is 0.411. The van der Waals surface area contributed by atoms with Gasteiger partial charge in [0.2, 0.25) is 10.0 Å². The van der Waals surface area contributed by atoms with Crippen molar-refractivity contribution >= 4 is 10.0 Å². The molecular weight excluding hydrogens is 268 g/mol. The van der Waals surface area contributed by atoms with Crippen molar-refractivity contribution in [3.8, 4) is 0 Å². The van der Waals surface area contributed by atoms with Crippen LogP contribution in [0.15, 0.2) is 6.33 Å². The van der Waals surface area contributed by atoms with E-state index >= 15 is 0 Å². The summed E-state index contributed by atoms with van der Waals surface area (Å²) in [4.78, 5) is 0.